The number of hydrogen-bond donors (Lipinski definition) is 1. The number of alkyl halides is 3. The first-order valence-electron chi connectivity index (χ1n) is 10.1. The van der Waals surface area contributed by atoms with Crippen LogP contribution in [0.25, 0.3) is 0 Å². The second kappa shape index (κ2) is 9.68. The van der Waals surface area contributed by atoms with Crippen LogP contribution >= 0.6 is 0 Å². The fourth-order valence-corrected chi connectivity index (χ4v) is 2.95. The predicted molar refractivity (Wildman–Crippen MR) is 116 cm³/mol. The van der Waals surface area contributed by atoms with Crippen LogP contribution in [0.4, 0.5) is 36.3 Å². The molecule has 5 nitrogen and oxygen atoms in total. The van der Waals surface area contributed by atoms with Gasteiger partial charge in [-0.1, -0.05) is 26.0 Å². The molecule has 0 bridgehead atoms. The summed E-state index contributed by atoms with van der Waals surface area (Å²) in [5.74, 6) is 0.566. The quantitative estimate of drug-likeness (QED) is 0.451. The number of rotatable bonds is 8. The smallest absolute Gasteiger partial charge is 0.421 e. The van der Waals surface area contributed by atoms with E-state index in [1.807, 2.05) is 26.0 Å². The van der Waals surface area contributed by atoms with Crippen LogP contribution in [0.5, 0.6) is 5.75 Å². The van der Waals surface area contributed by atoms with Gasteiger partial charge in [-0.05, 0) is 54.8 Å². The van der Waals surface area contributed by atoms with E-state index in [4.69, 9.17) is 4.74 Å². The molecule has 0 saturated carbocycles. The molecule has 2 aromatic carbocycles. The number of aromatic nitrogens is 2. The molecule has 0 saturated heterocycles. The van der Waals surface area contributed by atoms with Gasteiger partial charge in [-0.15, -0.1) is 0 Å². The molecule has 1 heterocycles. The third-order valence-electron chi connectivity index (χ3n) is 4.71. The summed E-state index contributed by atoms with van der Waals surface area (Å²) in [6.07, 6.45) is -2.03. The molecule has 1 aromatic heterocycles. The number of ether oxygens (including phenoxy) is 1. The third kappa shape index (κ3) is 5.65. The molecule has 0 spiro atoms. The first-order valence-corrected chi connectivity index (χ1v) is 10.1. The Kier molecular flexibility index (Phi) is 6.99. The van der Waals surface area contributed by atoms with Gasteiger partial charge < -0.3 is 15.0 Å². The molecule has 0 radical (unpaired) electrons. The molecule has 0 amide bonds. The van der Waals surface area contributed by atoms with Crippen LogP contribution in [0.3, 0.4) is 0 Å². The monoisotopic (exact) mass is 430 g/mol. The van der Waals surface area contributed by atoms with Gasteiger partial charge in [-0.25, -0.2) is 4.98 Å². The Morgan fingerprint density at radius 3 is 2.26 bits per heavy atom. The Morgan fingerprint density at radius 1 is 1.00 bits per heavy atom. The van der Waals surface area contributed by atoms with Crippen molar-refractivity contribution in [1.82, 2.24) is 9.97 Å². The van der Waals surface area contributed by atoms with E-state index in [-0.39, 0.29) is 11.8 Å². The van der Waals surface area contributed by atoms with Gasteiger partial charge in [-0.2, -0.15) is 18.2 Å². The van der Waals surface area contributed by atoms with Crippen LogP contribution in [0.15, 0.2) is 54.7 Å². The van der Waals surface area contributed by atoms with Gasteiger partial charge in [0.2, 0.25) is 5.95 Å². The molecule has 31 heavy (non-hydrogen) atoms. The summed E-state index contributed by atoms with van der Waals surface area (Å²) >= 11 is 0. The van der Waals surface area contributed by atoms with Gasteiger partial charge >= 0.3 is 6.18 Å². The number of nitrogens with zero attached hydrogens (tertiary/aromatic N) is 3. The van der Waals surface area contributed by atoms with Crippen molar-refractivity contribution in [3.8, 4) is 5.75 Å². The van der Waals surface area contributed by atoms with E-state index in [0.29, 0.717) is 18.0 Å². The lowest BCUT2D eigenvalue weighted by Gasteiger charge is -2.23. The number of benzene rings is 2. The van der Waals surface area contributed by atoms with Crippen molar-refractivity contribution in [2.75, 3.05) is 23.9 Å². The van der Waals surface area contributed by atoms with Crippen molar-refractivity contribution >= 4 is 23.1 Å². The van der Waals surface area contributed by atoms with Gasteiger partial charge in [0, 0.05) is 24.6 Å². The summed E-state index contributed by atoms with van der Waals surface area (Å²) < 4.78 is 46.4. The number of nitrogens with one attached hydrogen (secondary N) is 1. The van der Waals surface area contributed by atoms with Crippen LogP contribution < -0.4 is 15.0 Å². The second-order valence-electron chi connectivity index (χ2n) is 7.01. The SMILES string of the molecule is CCCOc1ccc(Nc2ncc(C(F)(F)F)c(N(C)c3ccc(CC)cc3)n2)cc1. The van der Waals surface area contributed by atoms with Crippen LogP contribution in [0.1, 0.15) is 31.4 Å². The molecule has 0 aliphatic heterocycles. The van der Waals surface area contributed by atoms with Crippen molar-refractivity contribution in [3.63, 3.8) is 0 Å². The first kappa shape index (κ1) is 22.4. The van der Waals surface area contributed by atoms with Crippen LogP contribution in [-0.2, 0) is 12.6 Å². The molecule has 0 aliphatic carbocycles. The maximum absolute atomic E-state index is 13.6. The lowest BCUT2D eigenvalue weighted by molar-refractivity contribution is -0.137. The lowest BCUT2D eigenvalue weighted by atomic mass is 10.1. The predicted octanol–water partition coefficient (Wildman–Crippen LogP) is 6.36. The van der Waals surface area contributed by atoms with Crippen LogP contribution in [-0.4, -0.2) is 23.6 Å². The summed E-state index contributed by atoms with van der Waals surface area (Å²) in [5, 5.41) is 2.96. The number of aryl methyl sites for hydroxylation is 1. The molecule has 164 valence electrons. The largest absolute Gasteiger partial charge is 0.494 e. The molecule has 0 aliphatic rings. The summed E-state index contributed by atoms with van der Waals surface area (Å²) in [4.78, 5) is 9.47. The summed E-state index contributed by atoms with van der Waals surface area (Å²) in [6, 6.07) is 14.4. The second-order valence-corrected chi connectivity index (χ2v) is 7.01. The lowest BCUT2D eigenvalue weighted by Crippen LogP contribution is -2.19. The average Bonchev–Trinajstić information content (AvgIpc) is 2.77. The average molecular weight is 430 g/mol. The highest BCUT2D eigenvalue weighted by Gasteiger charge is 2.36. The molecule has 0 unspecified atom stereocenters. The Hall–Kier alpha value is -3.29. The van der Waals surface area contributed by atoms with Crippen molar-refractivity contribution in [1.29, 1.82) is 0 Å². The third-order valence-corrected chi connectivity index (χ3v) is 4.71. The van der Waals surface area contributed by atoms with Gasteiger partial charge in [0.05, 0.1) is 6.61 Å². The van der Waals surface area contributed by atoms with Crippen molar-refractivity contribution in [2.45, 2.75) is 32.9 Å². The van der Waals surface area contributed by atoms with Gasteiger partial charge in [0.25, 0.3) is 0 Å². The molecular weight excluding hydrogens is 405 g/mol. The normalized spacial score (nSPS) is 11.3. The Bertz CT molecular complexity index is 989. The van der Waals surface area contributed by atoms with E-state index in [0.717, 1.165) is 30.4 Å². The molecule has 0 atom stereocenters. The number of anilines is 4. The Morgan fingerprint density at radius 2 is 1.68 bits per heavy atom. The molecule has 8 heteroatoms. The standard InChI is InChI=1S/C23H25F3N4O/c1-4-14-31-19-12-8-17(9-13-19)28-22-27-15-20(23(24,25)26)21(29-22)30(3)18-10-6-16(5-2)7-11-18/h6-13,15H,4-5,14H2,1-3H3,(H,27,28,29). The zero-order valence-electron chi connectivity index (χ0n) is 17.7. The minimum absolute atomic E-state index is 0.0715. The van der Waals surface area contributed by atoms with E-state index in [9.17, 15) is 13.2 Å². The van der Waals surface area contributed by atoms with Gasteiger partial charge in [0.1, 0.15) is 11.3 Å². The fourth-order valence-electron chi connectivity index (χ4n) is 2.95. The summed E-state index contributed by atoms with van der Waals surface area (Å²) in [6.45, 7) is 4.65. The van der Waals surface area contributed by atoms with E-state index in [1.165, 1.54) is 4.90 Å². The molecule has 0 fully saturated rings. The van der Waals surface area contributed by atoms with Crippen molar-refractivity contribution in [2.24, 2.45) is 0 Å². The Balaban J connectivity index is 1.89. The highest BCUT2D eigenvalue weighted by molar-refractivity contribution is 5.65. The van der Waals surface area contributed by atoms with E-state index in [2.05, 4.69) is 15.3 Å². The summed E-state index contributed by atoms with van der Waals surface area (Å²) in [7, 11) is 1.56. The molecule has 3 rings (SSSR count). The zero-order valence-corrected chi connectivity index (χ0v) is 17.7. The van der Waals surface area contributed by atoms with Crippen molar-refractivity contribution < 1.29 is 17.9 Å². The highest BCUT2D eigenvalue weighted by Crippen LogP contribution is 2.37. The minimum Gasteiger partial charge on any atom is -0.494 e. The van der Waals surface area contributed by atoms with Crippen LogP contribution in [0, 0.1) is 0 Å². The molecular formula is C23H25F3N4O. The topological polar surface area (TPSA) is 50.3 Å². The fraction of sp³-hybridized carbons (Fsp3) is 0.304. The number of halogens is 3. The van der Waals surface area contributed by atoms with E-state index in [1.54, 1.807) is 43.4 Å². The Labute approximate surface area is 179 Å². The van der Waals surface area contributed by atoms with Gasteiger partial charge in [-0.3, -0.25) is 0 Å². The van der Waals surface area contributed by atoms with Crippen LogP contribution in [0.2, 0.25) is 0 Å². The maximum Gasteiger partial charge on any atom is 0.421 e. The minimum atomic E-state index is -4.58. The maximum atomic E-state index is 13.6. The number of hydrogen-bond acceptors (Lipinski definition) is 5. The highest BCUT2D eigenvalue weighted by atomic mass is 19.4. The van der Waals surface area contributed by atoms with Crippen molar-refractivity contribution in [3.05, 3.63) is 65.9 Å². The van der Waals surface area contributed by atoms with E-state index < -0.39 is 11.7 Å². The first-order chi connectivity index (χ1) is 14.8. The molecule has 1 N–H and O–H groups in total. The molecule has 3 aromatic rings. The summed E-state index contributed by atoms with van der Waals surface area (Å²) in [5.41, 5.74) is 1.45. The van der Waals surface area contributed by atoms with Gasteiger partial charge in [0.15, 0.2) is 5.82 Å². The zero-order chi connectivity index (χ0) is 22.4. The van der Waals surface area contributed by atoms with E-state index >= 15 is 0 Å².